The molecular formula is C13H14N2. The van der Waals surface area contributed by atoms with Gasteiger partial charge in [-0.25, -0.2) is 0 Å². The summed E-state index contributed by atoms with van der Waals surface area (Å²) < 4.78 is 0. The summed E-state index contributed by atoms with van der Waals surface area (Å²) in [7, 11) is 0. The molecule has 1 aromatic carbocycles. The Morgan fingerprint density at radius 2 is 2.13 bits per heavy atom. The molecule has 1 heterocycles. The Morgan fingerprint density at radius 3 is 2.87 bits per heavy atom. The molecule has 1 aromatic heterocycles. The van der Waals surface area contributed by atoms with E-state index in [0.29, 0.717) is 5.92 Å². The number of pyridine rings is 1. The summed E-state index contributed by atoms with van der Waals surface area (Å²) in [6.07, 6.45) is 2.54. The molecule has 0 saturated heterocycles. The van der Waals surface area contributed by atoms with E-state index in [1.165, 1.54) is 24.1 Å². The molecular weight excluding hydrogens is 184 g/mol. The highest BCUT2D eigenvalue weighted by atomic mass is 14.7. The van der Waals surface area contributed by atoms with E-state index in [9.17, 15) is 0 Å². The number of aromatic nitrogens is 1. The molecule has 2 N–H and O–H groups in total. The minimum atomic E-state index is 0.663. The Labute approximate surface area is 89.1 Å². The van der Waals surface area contributed by atoms with Gasteiger partial charge in [0, 0.05) is 22.7 Å². The van der Waals surface area contributed by atoms with Gasteiger partial charge in [0.05, 0.1) is 5.52 Å². The maximum absolute atomic E-state index is 6.05. The number of nitrogens with zero attached hydrogens (tertiary/aromatic N) is 1. The Balaban J connectivity index is 2.32. The van der Waals surface area contributed by atoms with Crippen LogP contribution in [-0.4, -0.2) is 4.98 Å². The fourth-order valence-corrected chi connectivity index (χ4v) is 2.03. The summed E-state index contributed by atoms with van der Waals surface area (Å²) in [5.74, 6) is 0.663. The third-order valence-corrected chi connectivity index (χ3v) is 3.09. The van der Waals surface area contributed by atoms with Crippen LogP contribution in [0, 0.1) is 6.92 Å². The first-order valence-corrected chi connectivity index (χ1v) is 5.41. The average molecular weight is 198 g/mol. The van der Waals surface area contributed by atoms with Gasteiger partial charge in [0.25, 0.3) is 0 Å². The van der Waals surface area contributed by atoms with Crippen molar-refractivity contribution in [3.05, 3.63) is 35.5 Å². The largest absolute Gasteiger partial charge is 0.398 e. The van der Waals surface area contributed by atoms with Crippen LogP contribution in [0.25, 0.3) is 10.9 Å². The van der Waals surface area contributed by atoms with Crippen LogP contribution in [0.2, 0.25) is 0 Å². The number of nitrogen functional groups attached to an aromatic ring is 1. The fraction of sp³-hybridized carbons (Fsp3) is 0.308. The van der Waals surface area contributed by atoms with Crippen LogP contribution in [0.1, 0.15) is 30.0 Å². The molecule has 0 amide bonds. The molecule has 2 heteroatoms. The number of para-hydroxylation sites is 1. The van der Waals surface area contributed by atoms with E-state index in [1.54, 1.807) is 0 Å². The minimum Gasteiger partial charge on any atom is -0.398 e. The van der Waals surface area contributed by atoms with Crippen molar-refractivity contribution < 1.29 is 0 Å². The second-order valence-electron chi connectivity index (χ2n) is 4.38. The van der Waals surface area contributed by atoms with Gasteiger partial charge in [0.15, 0.2) is 0 Å². The lowest BCUT2D eigenvalue weighted by Crippen LogP contribution is -1.95. The highest BCUT2D eigenvalue weighted by Gasteiger charge is 2.25. The molecule has 3 rings (SSSR count). The number of benzene rings is 1. The van der Waals surface area contributed by atoms with Crippen LogP contribution in [-0.2, 0) is 0 Å². The Morgan fingerprint density at radius 1 is 1.33 bits per heavy atom. The van der Waals surface area contributed by atoms with Crippen LogP contribution in [0.5, 0.6) is 0 Å². The van der Waals surface area contributed by atoms with Gasteiger partial charge in [-0.2, -0.15) is 0 Å². The monoisotopic (exact) mass is 198 g/mol. The summed E-state index contributed by atoms with van der Waals surface area (Å²) in [5, 5.41) is 1.08. The number of rotatable bonds is 1. The molecule has 1 aliphatic rings. The van der Waals surface area contributed by atoms with E-state index >= 15 is 0 Å². The fourth-order valence-electron chi connectivity index (χ4n) is 2.03. The second-order valence-corrected chi connectivity index (χ2v) is 4.38. The number of aryl methyl sites for hydroxylation is 1. The quantitative estimate of drug-likeness (QED) is 0.765. The van der Waals surface area contributed by atoms with E-state index < -0.39 is 0 Å². The first-order chi connectivity index (χ1) is 7.25. The van der Waals surface area contributed by atoms with Gasteiger partial charge in [-0.1, -0.05) is 18.2 Å². The second kappa shape index (κ2) is 2.96. The van der Waals surface area contributed by atoms with Crippen molar-refractivity contribution in [2.75, 3.05) is 5.73 Å². The van der Waals surface area contributed by atoms with E-state index in [-0.39, 0.29) is 0 Å². The van der Waals surface area contributed by atoms with Gasteiger partial charge in [-0.15, -0.1) is 0 Å². The van der Waals surface area contributed by atoms with Crippen molar-refractivity contribution in [3.63, 3.8) is 0 Å². The van der Waals surface area contributed by atoms with Crippen LogP contribution in [0.4, 0.5) is 5.69 Å². The zero-order valence-electron chi connectivity index (χ0n) is 8.83. The molecule has 2 nitrogen and oxygen atoms in total. The highest BCUT2D eigenvalue weighted by Crippen LogP contribution is 2.40. The minimum absolute atomic E-state index is 0.663. The molecule has 1 saturated carbocycles. The predicted octanol–water partition coefficient (Wildman–Crippen LogP) is 3.00. The molecule has 1 aliphatic carbocycles. The lowest BCUT2D eigenvalue weighted by molar-refractivity contribution is 1.04. The molecule has 0 unspecified atom stereocenters. The predicted molar refractivity (Wildman–Crippen MR) is 62.9 cm³/mol. The maximum Gasteiger partial charge on any atom is 0.0755 e. The van der Waals surface area contributed by atoms with Crippen molar-refractivity contribution in [2.45, 2.75) is 25.7 Å². The number of hydrogen-bond acceptors (Lipinski definition) is 2. The molecule has 0 bridgehead atoms. The third-order valence-electron chi connectivity index (χ3n) is 3.09. The molecule has 0 atom stereocenters. The van der Waals surface area contributed by atoms with E-state index in [1.807, 2.05) is 18.2 Å². The SMILES string of the molecule is Cc1cccc2c(N)cc(C3CC3)nc12. The van der Waals surface area contributed by atoms with Gasteiger partial charge in [-0.05, 0) is 31.4 Å². The number of anilines is 1. The molecule has 2 aromatic rings. The molecule has 15 heavy (non-hydrogen) atoms. The normalized spacial score (nSPS) is 15.8. The van der Waals surface area contributed by atoms with Gasteiger partial charge in [0.1, 0.15) is 0 Å². The van der Waals surface area contributed by atoms with Crippen LogP contribution in [0.15, 0.2) is 24.3 Å². The number of hydrogen-bond donors (Lipinski definition) is 1. The smallest absolute Gasteiger partial charge is 0.0755 e. The summed E-state index contributed by atoms with van der Waals surface area (Å²) >= 11 is 0. The van der Waals surface area contributed by atoms with Gasteiger partial charge in [0.2, 0.25) is 0 Å². The van der Waals surface area contributed by atoms with Crippen molar-refractivity contribution in [3.8, 4) is 0 Å². The molecule has 76 valence electrons. The zero-order chi connectivity index (χ0) is 10.4. The third kappa shape index (κ3) is 1.37. The summed E-state index contributed by atoms with van der Waals surface area (Å²) in [4.78, 5) is 4.72. The molecule has 1 fully saturated rings. The van der Waals surface area contributed by atoms with Crippen LogP contribution < -0.4 is 5.73 Å². The first-order valence-electron chi connectivity index (χ1n) is 5.41. The van der Waals surface area contributed by atoms with E-state index in [4.69, 9.17) is 10.7 Å². The summed E-state index contributed by atoms with van der Waals surface area (Å²) in [5.41, 5.74) is 10.4. The van der Waals surface area contributed by atoms with Crippen LogP contribution >= 0.6 is 0 Å². The van der Waals surface area contributed by atoms with Gasteiger partial charge in [-0.3, -0.25) is 4.98 Å². The lowest BCUT2D eigenvalue weighted by atomic mass is 10.1. The summed E-state index contributed by atoms with van der Waals surface area (Å²) in [6, 6.07) is 8.21. The molecule has 0 aliphatic heterocycles. The Hall–Kier alpha value is -1.57. The molecule has 0 radical (unpaired) electrons. The van der Waals surface area contributed by atoms with Crippen molar-refractivity contribution in [2.24, 2.45) is 0 Å². The van der Waals surface area contributed by atoms with Crippen LogP contribution in [0.3, 0.4) is 0 Å². The zero-order valence-corrected chi connectivity index (χ0v) is 8.83. The summed E-state index contributed by atoms with van der Waals surface area (Å²) in [6.45, 7) is 2.09. The van der Waals surface area contributed by atoms with Crippen molar-refractivity contribution in [1.29, 1.82) is 0 Å². The van der Waals surface area contributed by atoms with Crippen molar-refractivity contribution in [1.82, 2.24) is 4.98 Å². The first kappa shape index (κ1) is 8.72. The maximum atomic E-state index is 6.05. The van der Waals surface area contributed by atoms with Crippen molar-refractivity contribution >= 4 is 16.6 Å². The average Bonchev–Trinajstić information content (AvgIpc) is 3.02. The number of nitrogens with two attached hydrogens (primary N) is 1. The van der Waals surface area contributed by atoms with Gasteiger partial charge >= 0.3 is 0 Å². The Kier molecular flexibility index (Phi) is 1.72. The highest BCUT2D eigenvalue weighted by molar-refractivity contribution is 5.92. The van der Waals surface area contributed by atoms with E-state index in [2.05, 4.69) is 13.0 Å². The molecule has 0 spiro atoms. The van der Waals surface area contributed by atoms with Gasteiger partial charge < -0.3 is 5.73 Å². The number of fused-ring (bicyclic) bond motifs is 1. The Bertz CT molecular complexity index is 527. The lowest BCUT2D eigenvalue weighted by Gasteiger charge is -2.07. The standard InChI is InChI=1S/C13H14N2/c1-8-3-2-4-10-11(14)7-12(9-5-6-9)15-13(8)10/h2-4,7,9H,5-6H2,1H3,(H2,14,15). The topological polar surface area (TPSA) is 38.9 Å². The van der Waals surface area contributed by atoms with E-state index in [0.717, 1.165) is 16.6 Å².